The summed E-state index contributed by atoms with van der Waals surface area (Å²) in [5, 5.41) is 9.04. The van der Waals surface area contributed by atoms with Crippen LogP contribution in [0, 0.1) is 0 Å². The van der Waals surface area contributed by atoms with Crippen molar-refractivity contribution in [3.63, 3.8) is 0 Å². The molecule has 7 heteroatoms. The predicted molar refractivity (Wildman–Crippen MR) is 94.9 cm³/mol. The van der Waals surface area contributed by atoms with Crippen molar-refractivity contribution in [3.05, 3.63) is 29.8 Å². The predicted octanol–water partition coefficient (Wildman–Crippen LogP) is 2.70. The number of rotatable bonds is 5. The molecule has 126 valence electrons. The number of carbonyl (C=O) groups excluding carboxylic acids is 2. The average molecular weight is 337 g/mol. The van der Waals surface area contributed by atoms with Gasteiger partial charge in [-0.15, -0.1) is 0 Å². The molecular weight excluding hydrogens is 314 g/mol. The molecule has 3 N–H and O–H groups in total. The molecule has 0 radical (unpaired) electrons. The molecule has 0 fully saturated rings. The minimum absolute atomic E-state index is 0.0190. The second-order valence-corrected chi connectivity index (χ2v) is 6.35. The number of ketones is 1. The van der Waals surface area contributed by atoms with Crippen molar-refractivity contribution in [3.8, 4) is 0 Å². The van der Waals surface area contributed by atoms with Crippen molar-refractivity contribution in [2.24, 2.45) is 0 Å². The summed E-state index contributed by atoms with van der Waals surface area (Å²) in [6.07, 6.45) is -0.460. The summed E-state index contributed by atoms with van der Waals surface area (Å²) >= 11 is 5.15. The summed E-state index contributed by atoms with van der Waals surface area (Å²) in [6, 6.07) is 7.03. The van der Waals surface area contributed by atoms with Crippen LogP contribution in [0.1, 0.15) is 38.1 Å². The zero-order chi connectivity index (χ0) is 17.5. The lowest BCUT2D eigenvalue weighted by Gasteiger charge is -2.19. The second-order valence-electron chi connectivity index (χ2n) is 5.94. The fourth-order valence-electron chi connectivity index (χ4n) is 1.62. The zero-order valence-electron chi connectivity index (χ0n) is 13.9. The van der Waals surface area contributed by atoms with Gasteiger partial charge in [-0.05, 0) is 64.2 Å². The number of amides is 1. The van der Waals surface area contributed by atoms with Crippen LogP contribution < -0.4 is 16.0 Å². The molecule has 0 aliphatic carbocycles. The van der Waals surface area contributed by atoms with Gasteiger partial charge >= 0.3 is 6.09 Å². The van der Waals surface area contributed by atoms with Crippen LogP contribution in [0.15, 0.2) is 24.3 Å². The van der Waals surface area contributed by atoms with Crippen molar-refractivity contribution in [1.29, 1.82) is 0 Å². The number of Topliss-reactive ketones (excluding diaryl/α,β-unsaturated/α-hetero) is 1. The van der Waals surface area contributed by atoms with Gasteiger partial charge < -0.3 is 20.7 Å². The van der Waals surface area contributed by atoms with Crippen molar-refractivity contribution in [2.75, 3.05) is 18.4 Å². The highest BCUT2D eigenvalue weighted by Crippen LogP contribution is 2.09. The molecule has 0 saturated heterocycles. The lowest BCUT2D eigenvalue weighted by molar-refractivity contribution is 0.0528. The van der Waals surface area contributed by atoms with E-state index in [1.165, 1.54) is 6.92 Å². The minimum Gasteiger partial charge on any atom is -0.444 e. The van der Waals surface area contributed by atoms with Gasteiger partial charge in [-0.1, -0.05) is 0 Å². The van der Waals surface area contributed by atoms with Gasteiger partial charge in [0, 0.05) is 24.3 Å². The maximum atomic E-state index is 11.4. The number of hydrogen-bond acceptors (Lipinski definition) is 4. The van der Waals surface area contributed by atoms with Crippen LogP contribution in [0.25, 0.3) is 0 Å². The molecule has 0 aromatic heterocycles. The lowest BCUT2D eigenvalue weighted by atomic mass is 10.1. The first-order chi connectivity index (χ1) is 10.7. The fourth-order valence-corrected chi connectivity index (χ4v) is 1.84. The van der Waals surface area contributed by atoms with Crippen LogP contribution in [-0.4, -0.2) is 35.7 Å². The van der Waals surface area contributed by atoms with Gasteiger partial charge in [0.05, 0.1) is 0 Å². The van der Waals surface area contributed by atoms with E-state index in [0.717, 1.165) is 5.69 Å². The van der Waals surface area contributed by atoms with E-state index in [9.17, 15) is 9.59 Å². The third kappa shape index (κ3) is 8.15. The first-order valence-electron chi connectivity index (χ1n) is 7.30. The van der Waals surface area contributed by atoms with Gasteiger partial charge in [-0.2, -0.15) is 0 Å². The quantitative estimate of drug-likeness (QED) is 0.435. The van der Waals surface area contributed by atoms with E-state index < -0.39 is 11.7 Å². The van der Waals surface area contributed by atoms with Crippen LogP contribution in [-0.2, 0) is 4.74 Å². The molecule has 0 atom stereocenters. The monoisotopic (exact) mass is 337 g/mol. The highest BCUT2D eigenvalue weighted by Gasteiger charge is 2.15. The van der Waals surface area contributed by atoms with E-state index in [-0.39, 0.29) is 5.78 Å². The maximum absolute atomic E-state index is 11.4. The summed E-state index contributed by atoms with van der Waals surface area (Å²) in [5.74, 6) is 0.0190. The number of alkyl carbamates (subject to hydrolysis) is 1. The Morgan fingerprint density at radius 2 is 1.65 bits per heavy atom. The molecule has 6 nitrogen and oxygen atoms in total. The smallest absolute Gasteiger partial charge is 0.407 e. The standard InChI is InChI=1S/C16H23N3O3S/c1-11(20)12-5-7-13(8-6-12)19-14(23)17-9-10-18-15(21)22-16(2,3)4/h5-8H,9-10H2,1-4H3,(H,18,21)(H2,17,19,23). The largest absolute Gasteiger partial charge is 0.444 e. The molecule has 0 heterocycles. The minimum atomic E-state index is -0.513. The fraction of sp³-hybridized carbons (Fsp3) is 0.438. The molecule has 0 bridgehead atoms. The number of nitrogens with one attached hydrogen (secondary N) is 3. The Labute approximate surface area is 142 Å². The Hall–Kier alpha value is -2.15. The highest BCUT2D eigenvalue weighted by molar-refractivity contribution is 7.80. The van der Waals surface area contributed by atoms with Crippen LogP contribution in [0.3, 0.4) is 0 Å². The van der Waals surface area contributed by atoms with Gasteiger partial charge in [-0.25, -0.2) is 4.79 Å². The van der Waals surface area contributed by atoms with Crippen LogP contribution in [0.2, 0.25) is 0 Å². The highest BCUT2D eigenvalue weighted by atomic mass is 32.1. The van der Waals surface area contributed by atoms with Crippen LogP contribution in [0.5, 0.6) is 0 Å². The third-order valence-corrected chi connectivity index (χ3v) is 2.87. The van der Waals surface area contributed by atoms with Gasteiger partial charge in [0.1, 0.15) is 5.60 Å². The molecule has 0 unspecified atom stereocenters. The molecule has 0 aliphatic rings. The molecular formula is C16H23N3O3S. The molecule has 1 aromatic carbocycles. The number of benzene rings is 1. The second kappa shape index (κ2) is 8.47. The SMILES string of the molecule is CC(=O)c1ccc(NC(=S)NCCNC(=O)OC(C)(C)C)cc1. The molecule has 23 heavy (non-hydrogen) atoms. The molecule has 0 saturated carbocycles. The Bertz CT molecular complexity index is 565. The van der Waals surface area contributed by atoms with Crippen LogP contribution >= 0.6 is 12.2 Å². The Kier molecular flexibility index (Phi) is 6.96. The maximum Gasteiger partial charge on any atom is 0.407 e. The number of carbonyl (C=O) groups is 2. The topological polar surface area (TPSA) is 79.5 Å². The Balaban J connectivity index is 2.27. The van der Waals surface area contributed by atoms with E-state index in [2.05, 4.69) is 16.0 Å². The van der Waals surface area contributed by atoms with E-state index in [4.69, 9.17) is 17.0 Å². The van der Waals surface area contributed by atoms with E-state index in [0.29, 0.717) is 23.8 Å². The zero-order valence-corrected chi connectivity index (χ0v) is 14.7. The number of thiocarbonyl (C=S) groups is 1. The Morgan fingerprint density at radius 1 is 1.09 bits per heavy atom. The molecule has 1 amide bonds. The lowest BCUT2D eigenvalue weighted by Crippen LogP contribution is -2.39. The van der Waals surface area contributed by atoms with E-state index in [1.807, 2.05) is 0 Å². The number of hydrogen-bond donors (Lipinski definition) is 3. The van der Waals surface area contributed by atoms with Crippen LogP contribution in [0.4, 0.5) is 10.5 Å². The first kappa shape index (κ1) is 18.9. The summed E-state index contributed by atoms with van der Waals surface area (Å²) in [7, 11) is 0. The van der Waals surface area contributed by atoms with Gasteiger partial charge in [0.25, 0.3) is 0 Å². The average Bonchev–Trinajstić information content (AvgIpc) is 2.42. The Morgan fingerprint density at radius 3 is 2.17 bits per heavy atom. The first-order valence-corrected chi connectivity index (χ1v) is 7.71. The molecule has 0 aliphatic heterocycles. The van der Waals surface area contributed by atoms with E-state index in [1.54, 1.807) is 45.0 Å². The van der Waals surface area contributed by atoms with Crippen molar-refractivity contribution < 1.29 is 14.3 Å². The normalized spacial score (nSPS) is 10.6. The van der Waals surface area contributed by atoms with E-state index >= 15 is 0 Å². The van der Waals surface area contributed by atoms with Gasteiger partial charge in [-0.3, -0.25) is 4.79 Å². The summed E-state index contributed by atoms with van der Waals surface area (Å²) < 4.78 is 5.12. The third-order valence-electron chi connectivity index (χ3n) is 2.63. The van der Waals surface area contributed by atoms with Crippen molar-refractivity contribution >= 4 is 34.9 Å². The number of ether oxygens (including phenoxy) is 1. The van der Waals surface area contributed by atoms with Crippen molar-refractivity contribution in [2.45, 2.75) is 33.3 Å². The summed E-state index contributed by atoms with van der Waals surface area (Å²) in [5.41, 5.74) is 0.920. The molecule has 1 aromatic rings. The number of anilines is 1. The summed E-state index contributed by atoms with van der Waals surface area (Å²) in [4.78, 5) is 22.6. The van der Waals surface area contributed by atoms with Crippen molar-refractivity contribution in [1.82, 2.24) is 10.6 Å². The molecule has 0 spiro atoms. The van der Waals surface area contributed by atoms with Gasteiger partial charge in [0.2, 0.25) is 0 Å². The van der Waals surface area contributed by atoms with Gasteiger partial charge in [0.15, 0.2) is 10.9 Å². The molecule has 1 rings (SSSR count). The summed E-state index contributed by atoms with van der Waals surface area (Å²) in [6.45, 7) is 7.80.